The van der Waals surface area contributed by atoms with Crippen LogP contribution in [0.15, 0.2) is 0 Å². The molecule has 8 heteroatoms. The Morgan fingerprint density at radius 2 is 1.38 bits per heavy atom. The molecule has 0 unspecified atom stereocenters. The summed E-state index contributed by atoms with van der Waals surface area (Å²) in [4.78, 5) is 8.36. The first-order valence-electron chi connectivity index (χ1n) is 3.14. The quantitative estimate of drug-likeness (QED) is 0.330. The van der Waals surface area contributed by atoms with Gasteiger partial charge in [0.15, 0.2) is 0 Å². The molecule has 0 aliphatic carbocycles. The SMILES string of the molecule is CCS(=O)(=O)O.O=CO.OCCO. The largest absolute Gasteiger partial charge is 0.483 e. The molecular formula is C5H14O7S. The predicted molar refractivity (Wildman–Crippen MR) is 45.0 cm³/mol. The van der Waals surface area contributed by atoms with E-state index >= 15 is 0 Å². The van der Waals surface area contributed by atoms with Crippen molar-refractivity contribution in [3.05, 3.63) is 0 Å². The minimum absolute atomic E-state index is 0.125. The molecule has 7 nitrogen and oxygen atoms in total. The number of hydrogen-bond donors (Lipinski definition) is 4. The molecule has 82 valence electrons. The summed E-state index contributed by atoms with van der Waals surface area (Å²) in [6.07, 6.45) is 0. The number of hydrogen-bond acceptors (Lipinski definition) is 5. The van der Waals surface area contributed by atoms with Crippen LogP contribution in [0.2, 0.25) is 0 Å². The Labute approximate surface area is 76.4 Å². The molecule has 0 aliphatic heterocycles. The van der Waals surface area contributed by atoms with Crippen molar-refractivity contribution in [1.82, 2.24) is 0 Å². The minimum Gasteiger partial charge on any atom is -0.483 e. The molecule has 0 radical (unpaired) electrons. The number of carboxylic acid groups (broad SMARTS) is 1. The molecule has 0 saturated heterocycles. The van der Waals surface area contributed by atoms with Gasteiger partial charge in [0.25, 0.3) is 16.6 Å². The van der Waals surface area contributed by atoms with Crippen molar-refractivity contribution >= 4 is 16.6 Å². The van der Waals surface area contributed by atoms with Crippen molar-refractivity contribution in [3.8, 4) is 0 Å². The van der Waals surface area contributed by atoms with E-state index in [2.05, 4.69) is 0 Å². The van der Waals surface area contributed by atoms with Crippen molar-refractivity contribution in [1.29, 1.82) is 0 Å². The summed E-state index contributed by atoms with van der Waals surface area (Å²) in [7, 11) is -3.66. The van der Waals surface area contributed by atoms with Gasteiger partial charge >= 0.3 is 0 Å². The molecule has 0 spiro atoms. The smallest absolute Gasteiger partial charge is 0.290 e. The van der Waals surface area contributed by atoms with Crippen LogP contribution in [0.5, 0.6) is 0 Å². The molecule has 4 N–H and O–H groups in total. The molecule has 0 atom stereocenters. The minimum atomic E-state index is -3.66. The van der Waals surface area contributed by atoms with Crippen molar-refractivity contribution in [2.45, 2.75) is 6.92 Å². The topological polar surface area (TPSA) is 132 Å². The Balaban J connectivity index is -0.000000125. The van der Waals surface area contributed by atoms with Crippen LogP contribution in [0.4, 0.5) is 0 Å². The molecule has 0 aromatic heterocycles. The lowest BCUT2D eigenvalue weighted by Gasteiger charge is -1.79. The molecule has 13 heavy (non-hydrogen) atoms. The van der Waals surface area contributed by atoms with Crippen LogP contribution in [0.3, 0.4) is 0 Å². The molecule has 0 aromatic carbocycles. The molecule has 0 fully saturated rings. The van der Waals surface area contributed by atoms with Crippen LogP contribution < -0.4 is 0 Å². The van der Waals surface area contributed by atoms with E-state index in [1.165, 1.54) is 6.92 Å². The summed E-state index contributed by atoms with van der Waals surface area (Å²) in [5.41, 5.74) is 0. The van der Waals surface area contributed by atoms with Gasteiger partial charge in [-0.3, -0.25) is 9.35 Å². The van der Waals surface area contributed by atoms with E-state index < -0.39 is 10.1 Å². The second-order valence-electron chi connectivity index (χ2n) is 1.42. The summed E-state index contributed by atoms with van der Waals surface area (Å²) in [5, 5.41) is 22.1. The number of aliphatic hydroxyl groups is 2. The Bertz CT molecular complexity index is 171. The molecule has 0 aliphatic rings. The van der Waals surface area contributed by atoms with Gasteiger partial charge in [0, 0.05) is 0 Å². The zero-order chi connectivity index (χ0) is 11.3. The Morgan fingerprint density at radius 1 is 1.23 bits per heavy atom. The van der Waals surface area contributed by atoms with Crippen LogP contribution in [-0.2, 0) is 14.9 Å². The van der Waals surface area contributed by atoms with Gasteiger partial charge in [0.05, 0.1) is 19.0 Å². The van der Waals surface area contributed by atoms with E-state index in [4.69, 9.17) is 24.7 Å². The first kappa shape index (κ1) is 18.2. The van der Waals surface area contributed by atoms with Crippen molar-refractivity contribution < 1.29 is 33.1 Å². The lowest BCUT2D eigenvalue weighted by Crippen LogP contribution is -1.97. The maximum atomic E-state index is 9.56. The van der Waals surface area contributed by atoms with Crippen LogP contribution >= 0.6 is 0 Å². The van der Waals surface area contributed by atoms with Crippen molar-refractivity contribution in [3.63, 3.8) is 0 Å². The number of aliphatic hydroxyl groups excluding tert-OH is 2. The van der Waals surface area contributed by atoms with Crippen LogP contribution in [-0.4, -0.2) is 53.7 Å². The van der Waals surface area contributed by atoms with Gasteiger partial charge in [-0.25, -0.2) is 0 Å². The van der Waals surface area contributed by atoms with Gasteiger partial charge < -0.3 is 15.3 Å². The first-order chi connectivity index (χ1) is 5.89. The van der Waals surface area contributed by atoms with Gasteiger partial charge in [0.2, 0.25) is 0 Å². The highest BCUT2D eigenvalue weighted by molar-refractivity contribution is 7.85. The van der Waals surface area contributed by atoms with Crippen molar-refractivity contribution in [2.24, 2.45) is 0 Å². The van der Waals surface area contributed by atoms with E-state index in [1.54, 1.807) is 0 Å². The molecule has 0 bridgehead atoms. The van der Waals surface area contributed by atoms with E-state index in [0.717, 1.165) is 0 Å². The fraction of sp³-hybridized carbons (Fsp3) is 0.800. The van der Waals surface area contributed by atoms with E-state index in [-0.39, 0.29) is 25.4 Å². The van der Waals surface area contributed by atoms with Crippen LogP contribution in [0, 0.1) is 0 Å². The first-order valence-corrected chi connectivity index (χ1v) is 4.75. The third-order valence-corrected chi connectivity index (χ3v) is 1.19. The monoisotopic (exact) mass is 218 g/mol. The standard InChI is InChI=1S/C2H6O3S.C2H6O2.CH2O2/c1-2-6(3,4)5;3-1-2-4;2-1-3/h2H2,1H3,(H,3,4,5);3-4H,1-2H2;1H,(H,2,3). The molecule has 0 heterocycles. The molecule has 0 amide bonds. The zero-order valence-electron chi connectivity index (χ0n) is 7.12. The highest BCUT2D eigenvalue weighted by atomic mass is 32.2. The average molecular weight is 218 g/mol. The second-order valence-corrected chi connectivity index (χ2v) is 3.16. The normalized spacial score (nSPS) is 8.62. The maximum absolute atomic E-state index is 9.56. The van der Waals surface area contributed by atoms with Crippen LogP contribution in [0.25, 0.3) is 0 Å². The van der Waals surface area contributed by atoms with Crippen LogP contribution in [0.1, 0.15) is 6.92 Å². The highest BCUT2D eigenvalue weighted by Gasteiger charge is 1.93. The molecule has 0 rings (SSSR count). The Morgan fingerprint density at radius 3 is 1.38 bits per heavy atom. The molecule has 0 saturated carbocycles. The van der Waals surface area contributed by atoms with Gasteiger partial charge in [-0.1, -0.05) is 0 Å². The third kappa shape index (κ3) is 89.7. The summed E-state index contributed by atoms with van der Waals surface area (Å²) in [6.45, 7) is 0.870. The fourth-order valence-corrected chi connectivity index (χ4v) is 0. The molecular weight excluding hydrogens is 204 g/mol. The zero-order valence-corrected chi connectivity index (χ0v) is 7.94. The summed E-state index contributed by atoms with van der Waals surface area (Å²) in [5.74, 6) is -0.201. The van der Waals surface area contributed by atoms with E-state index in [9.17, 15) is 8.42 Å². The van der Waals surface area contributed by atoms with Gasteiger partial charge in [-0.05, 0) is 6.92 Å². The lowest BCUT2D eigenvalue weighted by molar-refractivity contribution is -0.122. The fourth-order valence-electron chi connectivity index (χ4n) is 0. The summed E-state index contributed by atoms with van der Waals surface area (Å²) in [6, 6.07) is 0. The summed E-state index contributed by atoms with van der Waals surface area (Å²) >= 11 is 0. The number of rotatable bonds is 2. The molecule has 0 aromatic rings. The lowest BCUT2D eigenvalue weighted by atomic mass is 10.8. The van der Waals surface area contributed by atoms with Gasteiger partial charge in [-0.15, -0.1) is 0 Å². The Kier molecular flexibility index (Phi) is 19.4. The van der Waals surface area contributed by atoms with Gasteiger partial charge in [0.1, 0.15) is 0 Å². The third-order valence-electron chi connectivity index (χ3n) is 0.465. The van der Waals surface area contributed by atoms with Crippen molar-refractivity contribution in [2.75, 3.05) is 19.0 Å². The van der Waals surface area contributed by atoms with E-state index in [0.29, 0.717) is 0 Å². The average Bonchev–Trinajstić information content (AvgIpc) is 2.05. The maximum Gasteiger partial charge on any atom is 0.290 e. The highest BCUT2D eigenvalue weighted by Crippen LogP contribution is 1.74. The Hall–Kier alpha value is -0.700. The number of carbonyl (C=O) groups is 1. The van der Waals surface area contributed by atoms with Gasteiger partial charge in [-0.2, -0.15) is 8.42 Å². The second kappa shape index (κ2) is 13.9. The summed E-state index contributed by atoms with van der Waals surface area (Å²) < 4.78 is 26.9. The van der Waals surface area contributed by atoms with E-state index in [1.807, 2.05) is 0 Å². The predicted octanol–water partition coefficient (Wildman–Crippen LogP) is -1.43.